The van der Waals surface area contributed by atoms with Crippen LogP contribution in [0.1, 0.15) is 72.7 Å². The first-order valence-corrected chi connectivity index (χ1v) is 10.0. The van der Waals surface area contributed by atoms with Crippen LogP contribution in [0.3, 0.4) is 0 Å². The zero-order chi connectivity index (χ0) is 18.1. The third-order valence-electron chi connectivity index (χ3n) is 5.19. The number of aromatic nitrogens is 2. The molecule has 26 heavy (non-hydrogen) atoms. The number of carbonyl (C=O) groups excluding carboxylic acids is 2. The first-order chi connectivity index (χ1) is 12.6. The van der Waals surface area contributed by atoms with Crippen LogP contribution in [0, 0.1) is 0 Å². The van der Waals surface area contributed by atoms with Gasteiger partial charge in [-0.05, 0) is 43.5 Å². The normalized spacial score (nSPS) is 20.0. The summed E-state index contributed by atoms with van der Waals surface area (Å²) < 4.78 is 5.75. The lowest BCUT2D eigenvalue weighted by Gasteiger charge is -2.17. The third-order valence-corrected chi connectivity index (χ3v) is 6.01. The molecule has 0 radical (unpaired) electrons. The fraction of sp³-hybridized carbons (Fsp3) is 0.474. The number of carbonyl (C=O) groups is 2. The molecule has 4 rings (SSSR count). The second kappa shape index (κ2) is 7.23. The summed E-state index contributed by atoms with van der Waals surface area (Å²) in [5.41, 5.74) is 2.27. The van der Waals surface area contributed by atoms with E-state index in [2.05, 4.69) is 15.5 Å². The molecule has 0 unspecified atom stereocenters. The summed E-state index contributed by atoms with van der Waals surface area (Å²) in [4.78, 5) is 24.2. The van der Waals surface area contributed by atoms with Crippen LogP contribution in [-0.4, -0.2) is 27.6 Å². The van der Waals surface area contributed by atoms with E-state index in [0.717, 1.165) is 24.1 Å². The van der Waals surface area contributed by atoms with E-state index < -0.39 is 0 Å². The van der Waals surface area contributed by atoms with Crippen molar-refractivity contribution in [3.63, 3.8) is 0 Å². The van der Waals surface area contributed by atoms with Crippen LogP contribution < -0.4 is 5.32 Å². The topological polar surface area (TPSA) is 85.1 Å². The van der Waals surface area contributed by atoms with Crippen molar-refractivity contribution in [2.24, 2.45) is 0 Å². The summed E-state index contributed by atoms with van der Waals surface area (Å²) in [6, 6.07) is 5.35. The Morgan fingerprint density at radius 2 is 2.08 bits per heavy atom. The number of benzene rings is 1. The zero-order valence-corrected chi connectivity index (χ0v) is 15.5. The third kappa shape index (κ3) is 3.40. The van der Waals surface area contributed by atoms with E-state index in [0.29, 0.717) is 22.6 Å². The van der Waals surface area contributed by atoms with Gasteiger partial charge in [0.15, 0.2) is 5.78 Å². The molecule has 1 aromatic heterocycles. The Bertz CT molecular complexity index is 842. The van der Waals surface area contributed by atoms with Crippen LogP contribution in [0.15, 0.2) is 27.8 Å². The van der Waals surface area contributed by atoms with Gasteiger partial charge in [0.1, 0.15) is 0 Å². The molecule has 0 spiro atoms. The van der Waals surface area contributed by atoms with Gasteiger partial charge in [-0.3, -0.25) is 9.59 Å². The molecular formula is C19H21N3O3S. The number of rotatable bonds is 5. The van der Waals surface area contributed by atoms with Crippen molar-refractivity contribution in [2.45, 2.75) is 56.1 Å². The van der Waals surface area contributed by atoms with Gasteiger partial charge < -0.3 is 9.73 Å². The molecule has 1 amide bonds. The van der Waals surface area contributed by atoms with E-state index in [-0.39, 0.29) is 23.4 Å². The van der Waals surface area contributed by atoms with Gasteiger partial charge in [-0.15, -0.1) is 10.2 Å². The average Bonchev–Trinajstić information content (AvgIpc) is 3.25. The molecule has 1 aliphatic carbocycles. The Morgan fingerprint density at radius 3 is 2.88 bits per heavy atom. The number of Topliss-reactive ketones (excluding diaryl/α,β-unsaturated/α-hetero) is 1. The van der Waals surface area contributed by atoms with Crippen LogP contribution in [0.5, 0.6) is 0 Å². The van der Waals surface area contributed by atoms with Crippen LogP contribution in [0.25, 0.3) is 0 Å². The van der Waals surface area contributed by atoms with Crippen molar-refractivity contribution in [1.82, 2.24) is 10.2 Å². The van der Waals surface area contributed by atoms with Gasteiger partial charge in [-0.1, -0.05) is 31.0 Å². The van der Waals surface area contributed by atoms with E-state index in [1.165, 1.54) is 31.0 Å². The van der Waals surface area contributed by atoms with E-state index in [4.69, 9.17) is 4.42 Å². The molecule has 1 atom stereocenters. The maximum absolute atomic E-state index is 12.5. The van der Waals surface area contributed by atoms with Crippen LogP contribution in [-0.2, 0) is 4.79 Å². The zero-order valence-electron chi connectivity index (χ0n) is 14.7. The predicted octanol–water partition coefficient (Wildman–Crippen LogP) is 4.15. The maximum atomic E-state index is 12.5. The van der Waals surface area contributed by atoms with Gasteiger partial charge >= 0.3 is 0 Å². The lowest BCUT2D eigenvalue weighted by Crippen LogP contribution is -2.08. The largest absolute Gasteiger partial charge is 0.416 e. The van der Waals surface area contributed by atoms with Crippen molar-refractivity contribution in [3.8, 4) is 0 Å². The fourth-order valence-electron chi connectivity index (χ4n) is 3.59. The van der Waals surface area contributed by atoms with Gasteiger partial charge in [0.2, 0.25) is 11.8 Å². The molecule has 136 valence electrons. The van der Waals surface area contributed by atoms with Gasteiger partial charge in [-0.2, -0.15) is 0 Å². The molecule has 1 aliphatic heterocycles. The van der Waals surface area contributed by atoms with Gasteiger partial charge in [-0.25, -0.2) is 0 Å². The quantitative estimate of drug-likeness (QED) is 0.628. The van der Waals surface area contributed by atoms with Crippen molar-refractivity contribution in [2.75, 3.05) is 11.1 Å². The monoisotopic (exact) mass is 371 g/mol. The number of ketones is 1. The van der Waals surface area contributed by atoms with Gasteiger partial charge in [0.25, 0.3) is 5.22 Å². The number of anilines is 1. The highest BCUT2D eigenvalue weighted by atomic mass is 32.2. The first-order valence-electron chi connectivity index (χ1n) is 9.06. The van der Waals surface area contributed by atoms with E-state index in [1.807, 2.05) is 13.0 Å². The number of nitrogens with one attached hydrogen (secondary N) is 1. The van der Waals surface area contributed by atoms with E-state index >= 15 is 0 Å². The predicted molar refractivity (Wildman–Crippen MR) is 98.7 cm³/mol. The summed E-state index contributed by atoms with van der Waals surface area (Å²) in [7, 11) is 0. The van der Waals surface area contributed by atoms with Crippen LogP contribution >= 0.6 is 11.8 Å². The van der Waals surface area contributed by atoms with Crippen molar-refractivity contribution in [3.05, 3.63) is 35.2 Å². The van der Waals surface area contributed by atoms with Gasteiger partial charge in [0.05, 0.1) is 11.7 Å². The molecular weight excluding hydrogens is 350 g/mol. The van der Waals surface area contributed by atoms with Crippen molar-refractivity contribution in [1.29, 1.82) is 0 Å². The molecule has 2 aromatic rings. The number of hydrogen-bond acceptors (Lipinski definition) is 6. The van der Waals surface area contributed by atoms with Gasteiger partial charge in [0, 0.05) is 17.2 Å². The van der Waals surface area contributed by atoms with Crippen LogP contribution in [0.2, 0.25) is 0 Å². The Labute approximate surface area is 156 Å². The lowest BCUT2D eigenvalue weighted by molar-refractivity contribution is -0.116. The maximum Gasteiger partial charge on any atom is 0.277 e. The molecule has 6 nitrogen and oxygen atoms in total. The van der Waals surface area contributed by atoms with E-state index in [9.17, 15) is 9.59 Å². The minimum Gasteiger partial charge on any atom is -0.416 e. The summed E-state index contributed by atoms with van der Waals surface area (Å²) in [6.45, 7) is 1.84. The SMILES string of the molecule is C[C@H]1C(=O)Nc2ccc(C(=O)CSc3nnc(C4CCCCC4)o3)cc21. The number of amides is 1. The average molecular weight is 371 g/mol. The molecule has 2 heterocycles. The Morgan fingerprint density at radius 1 is 1.27 bits per heavy atom. The summed E-state index contributed by atoms with van der Waals surface area (Å²) in [6.07, 6.45) is 5.90. The summed E-state index contributed by atoms with van der Waals surface area (Å²) in [5.74, 6) is 1.04. The highest BCUT2D eigenvalue weighted by Crippen LogP contribution is 2.34. The molecule has 1 fully saturated rings. The van der Waals surface area contributed by atoms with Crippen molar-refractivity contribution < 1.29 is 14.0 Å². The second-order valence-electron chi connectivity index (χ2n) is 6.97. The fourth-order valence-corrected chi connectivity index (χ4v) is 4.26. The Hall–Kier alpha value is -2.15. The molecule has 1 aromatic carbocycles. The second-order valence-corrected chi connectivity index (χ2v) is 7.89. The minimum atomic E-state index is -0.223. The first kappa shape index (κ1) is 17.3. The summed E-state index contributed by atoms with van der Waals surface area (Å²) in [5, 5.41) is 11.5. The summed E-state index contributed by atoms with van der Waals surface area (Å²) >= 11 is 1.27. The highest BCUT2D eigenvalue weighted by molar-refractivity contribution is 7.99. The number of nitrogens with zero attached hydrogens (tertiary/aromatic N) is 2. The highest BCUT2D eigenvalue weighted by Gasteiger charge is 2.27. The minimum absolute atomic E-state index is 0.0123. The Balaban J connectivity index is 1.39. The van der Waals surface area contributed by atoms with E-state index in [1.54, 1.807) is 12.1 Å². The molecule has 1 N–H and O–H groups in total. The molecule has 2 aliphatic rings. The molecule has 1 saturated carbocycles. The number of fused-ring (bicyclic) bond motifs is 1. The number of thioether (sulfide) groups is 1. The van der Waals surface area contributed by atoms with Crippen molar-refractivity contribution >= 4 is 29.1 Å². The molecule has 0 saturated heterocycles. The Kier molecular flexibility index (Phi) is 4.80. The standard InChI is InChI=1S/C19H21N3O3S/c1-11-14-9-13(7-8-15(14)20-17(11)24)16(23)10-26-19-22-21-18(25-19)12-5-3-2-4-6-12/h7-9,11-12H,2-6,10H2,1H3,(H,20,24)/t11-/m1/s1. The molecule has 7 heteroatoms. The lowest BCUT2D eigenvalue weighted by atomic mass is 9.89. The molecule has 0 bridgehead atoms. The number of hydrogen-bond donors (Lipinski definition) is 1. The smallest absolute Gasteiger partial charge is 0.277 e. The van der Waals surface area contributed by atoms with Crippen LogP contribution in [0.4, 0.5) is 5.69 Å².